The van der Waals surface area contributed by atoms with Crippen molar-refractivity contribution in [2.24, 2.45) is 0 Å². The first-order valence-corrected chi connectivity index (χ1v) is 22.7. The maximum absolute atomic E-state index is 12.6. The van der Waals surface area contributed by atoms with Crippen molar-refractivity contribution < 1.29 is 42.1 Å². The molecule has 0 aliphatic heterocycles. The Labute approximate surface area is 325 Å². The van der Waals surface area contributed by atoms with Gasteiger partial charge in [0.25, 0.3) is 7.82 Å². The molecule has 1 unspecified atom stereocenters. The Balaban J connectivity index is 4.46. The lowest BCUT2D eigenvalue weighted by Crippen LogP contribution is -2.37. The first-order valence-electron chi connectivity index (χ1n) is 21.2. The Kier molecular flexibility index (Phi) is 34.7. The molecule has 0 radical (unpaired) electrons. The summed E-state index contributed by atoms with van der Waals surface area (Å²) in [4.78, 5) is 37.4. The highest BCUT2D eigenvalue weighted by molar-refractivity contribution is 7.45. The zero-order chi connectivity index (χ0) is 39.3. The van der Waals surface area contributed by atoms with Crippen LogP contribution in [0.2, 0.25) is 0 Å². The molecule has 0 N–H and O–H groups in total. The van der Waals surface area contributed by atoms with E-state index in [1.807, 2.05) is 21.1 Å². The fourth-order valence-electron chi connectivity index (χ4n) is 5.50. The van der Waals surface area contributed by atoms with Gasteiger partial charge in [0, 0.05) is 12.8 Å². The minimum absolute atomic E-state index is 0.0382. The molecule has 0 aromatic heterocycles. The second-order valence-corrected chi connectivity index (χ2v) is 16.8. The summed E-state index contributed by atoms with van der Waals surface area (Å²) in [6, 6.07) is 0. The van der Waals surface area contributed by atoms with Crippen LogP contribution in [0.4, 0.5) is 0 Å². The molecule has 310 valence electrons. The molecule has 9 nitrogen and oxygen atoms in total. The van der Waals surface area contributed by atoms with Gasteiger partial charge in [0.05, 0.1) is 27.7 Å². The van der Waals surface area contributed by atoms with Gasteiger partial charge in [-0.2, -0.15) is 0 Å². The third kappa shape index (κ3) is 39.7. The minimum atomic E-state index is -4.63. The number of esters is 2. The third-order valence-electron chi connectivity index (χ3n) is 8.88. The van der Waals surface area contributed by atoms with Crippen LogP contribution in [0.1, 0.15) is 174 Å². The normalized spacial score (nSPS) is 14.0. The second kappa shape index (κ2) is 35.9. The molecule has 0 fully saturated rings. The van der Waals surface area contributed by atoms with Gasteiger partial charge in [0.1, 0.15) is 19.8 Å². The molecular formula is C43H80NO8P. The summed E-state index contributed by atoms with van der Waals surface area (Å²) in [6.07, 6.45) is 38.8. The summed E-state index contributed by atoms with van der Waals surface area (Å²) in [5, 5.41) is 0. The van der Waals surface area contributed by atoms with E-state index in [0.717, 1.165) is 57.8 Å². The number of carbonyl (C=O) groups is 2. The molecule has 10 heteroatoms. The topological polar surface area (TPSA) is 111 Å². The number of hydrogen-bond acceptors (Lipinski definition) is 8. The largest absolute Gasteiger partial charge is 0.756 e. The molecule has 53 heavy (non-hydrogen) atoms. The SMILES string of the molecule is CCCCCCC/C=C/CCCCCCCC(=O)OC[C@H](COP(=O)([O-])OCC[N+](C)(C)C)OC(=O)CCCC/C=C/C/C=C/CCCCCCCC. The van der Waals surface area contributed by atoms with E-state index in [2.05, 4.69) is 50.3 Å². The van der Waals surface area contributed by atoms with Crippen LogP contribution in [0.5, 0.6) is 0 Å². The number of allylic oxidation sites excluding steroid dienone is 6. The van der Waals surface area contributed by atoms with Crippen LogP contribution in [0, 0.1) is 0 Å². The molecule has 0 heterocycles. The zero-order valence-corrected chi connectivity index (χ0v) is 35.6. The number of phosphoric ester groups is 1. The van der Waals surface area contributed by atoms with Gasteiger partial charge < -0.3 is 27.9 Å². The summed E-state index contributed by atoms with van der Waals surface area (Å²) in [7, 11) is 1.14. The smallest absolute Gasteiger partial charge is 0.306 e. The first-order chi connectivity index (χ1) is 25.5. The standard InChI is InChI=1S/C43H80NO8P/c1-6-8-10-12-14-16-18-20-22-24-26-28-30-32-34-36-43(46)52-41(40-51-53(47,48)50-38-37-44(3,4)5)39-49-42(45)35-33-31-29-27-25-23-21-19-17-15-13-11-9-7-2/h19-22,26,28,41H,6-18,23-25,27,29-40H2,1-5H3/b21-19+,22-20+,28-26+/t41-/m1/s1. The quantitative estimate of drug-likeness (QED) is 0.0201. The van der Waals surface area contributed by atoms with E-state index in [4.69, 9.17) is 18.5 Å². The van der Waals surface area contributed by atoms with Crippen LogP contribution in [-0.2, 0) is 32.7 Å². The molecule has 0 aliphatic rings. The second-order valence-electron chi connectivity index (χ2n) is 15.3. The summed E-state index contributed by atoms with van der Waals surface area (Å²) >= 11 is 0. The van der Waals surface area contributed by atoms with Crippen molar-refractivity contribution in [3.63, 3.8) is 0 Å². The number of unbranched alkanes of at least 4 members (excludes halogenated alkanes) is 18. The molecule has 0 saturated heterocycles. The van der Waals surface area contributed by atoms with E-state index in [1.165, 1.54) is 77.0 Å². The number of nitrogens with zero attached hydrogens (tertiary/aromatic N) is 1. The van der Waals surface area contributed by atoms with E-state index in [9.17, 15) is 19.0 Å². The number of ether oxygens (including phenoxy) is 2. The van der Waals surface area contributed by atoms with Crippen LogP contribution in [0.15, 0.2) is 36.5 Å². The van der Waals surface area contributed by atoms with Gasteiger partial charge in [-0.15, -0.1) is 0 Å². The maximum atomic E-state index is 12.6. The van der Waals surface area contributed by atoms with Gasteiger partial charge in [-0.3, -0.25) is 14.2 Å². The lowest BCUT2D eigenvalue weighted by molar-refractivity contribution is -0.870. The van der Waals surface area contributed by atoms with Gasteiger partial charge in [0.2, 0.25) is 0 Å². The van der Waals surface area contributed by atoms with E-state index < -0.39 is 32.5 Å². The Morgan fingerprint density at radius 3 is 1.55 bits per heavy atom. The van der Waals surface area contributed by atoms with Crippen molar-refractivity contribution in [1.29, 1.82) is 0 Å². The van der Waals surface area contributed by atoms with Crippen LogP contribution >= 0.6 is 7.82 Å². The number of quaternary nitrogens is 1. The van der Waals surface area contributed by atoms with E-state index in [-0.39, 0.29) is 26.1 Å². The Morgan fingerprint density at radius 1 is 0.585 bits per heavy atom. The highest BCUT2D eigenvalue weighted by atomic mass is 31.2. The van der Waals surface area contributed by atoms with Gasteiger partial charge in [-0.25, -0.2) is 0 Å². The van der Waals surface area contributed by atoms with Gasteiger partial charge in [0.15, 0.2) is 6.10 Å². The minimum Gasteiger partial charge on any atom is -0.756 e. The lowest BCUT2D eigenvalue weighted by atomic mass is 10.1. The van der Waals surface area contributed by atoms with Crippen molar-refractivity contribution in [3.05, 3.63) is 36.5 Å². The van der Waals surface area contributed by atoms with E-state index >= 15 is 0 Å². The Bertz CT molecular complexity index is 1010. The molecule has 0 rings (SSSR count). The van der Waals surface area contributed by atoms with Crippen LogP contribution in [0.3, 0.4) is 0 Å². The molecule has 0 spiro atoms. The average molecular weight is 770 g/mol. The highest BCUT2D eigenvalue weighted by Gasteiger charge is 2.21. The predicted molar refractivity (Wildman–Crippen MR) is 217 cm³/mol. The van der Waals surface area contributed by atoms with Crippen molar-refractivity contribution in [2.75, 3.05) is 47.5 Å². The number of phosphoric acid groups is 1. The first kappa shape index (κ1) is 51.2. The fraction of sp³-hybridized carbons (Fsp3) is 0.814. The summed E-state index contributed by atoms with van der Waals surface area (Å²) in [5.74, 6) is -0.883. The number of likely N-dealkylation sites (N-methyl/N-ethyl adjacent to an activating group) is 1. The maximum Gasteiger partial charge on any atom is 0.306 e. The molecule has 0 aromatic carbocycles. The number of hydrogen-bond donors (Lipinski definition) is 0. The number of carbonyl (C=O) groups excluding carboxylic acids is 2. The zero-order valence-electron chi connectivity index (χ0n) is 34.7. The van der Waals surface area contributed by atoms with Gasteiger partial charge in [-0.05, 0) is 70.6 Å². The lowest BCUT2D eigenvalue weighted by Gasteiger charge is -2.28. The van der Waals surface area contributed by atoms with Crippen molar-refractivity contribution >= 4 is 19.8 Å². The van der Waals surface area contributed by atoms with Crippen molar-refractivity contribution in [3.8, 4) is 0 Å². The monoisotopic (exact) mass is 770 g/mol. The average Bonchev–Trinajstić information content (AvgIpc) is 3.10. The molecule has 0 amide bonds. The molecular weight excluding hydrogens is 689 g/mol. The summed E-state index contributed by atoms with van der Waals surface area (Å²) in [6.45, 7) is 4.15. The van der Waals surface area contributed by atoms with Crippen LogP contribution in [-0.4, -0.2) is 70.0 Å². The molecule has 2 atom stereocenters. The predicted octanol–water partition coefficient (Wildman–Crippen LogP) is 11.1. The van der Waals surface area contributed by atoms with Crippen LogP contribution < -0.4 is 4.89 Å². The molecule has 0 aromatic rings. The Hall–Kier alpha value is -1.77. The van der Waals surface area contributed by atoms with Crippen molar-refractivity contribution in [1.82, 2.24) is 0 Å². The van der Waals surface area contributed by atoms with Crippen molar-refractivity contribution in [2.45, 2.75) is 180 Å². The molecule has 0 aliphatic carbocycles. The Morgan fingerprint density at radius 2 is 1.02 bits per heavy atom. The van der Waals surface area contributed by atoms with Gasteiger partial charge in [-0.1, -0.05) is 127 Å². The van der Waals surface area contributed by atoms with Gasteiger partial charge >= 0.3 is 11.9 Å². The molecule has 0 saturated carbocycles. The van der Waals surface area contributed by atoms with E-state index in [1.54, 1.807) is 0 Å². The number of rotatable bonds is 38. The summed E-state index contributed by atoms with van der Waals surface area (Å²) in [5.41, 5.74) is 0. The summed E-state index contributed by atoms with van der Waals surface area (Å²) < 4.78 is 33.8. The van der Waals surface area contributed by atoms with E-state index in [0.29, 0.717) is 23.9 Å². The molecule has 0 bridgehead atoms. The third-order valence-corrected chi connectivity index (χ3v) is 9.85. The van der Waals surface area contributed by atoms with Crippen LogP contribution in [0.25, 0.3) is 0 Å². The highest BCUT2D eigenvalue weighted by Crippen LogP contribution is 2.38. The fourth-order valence-corrected chi connectivity index (χ4v) is 6.23.